The minimum absolute atomic E-state index is 0.0771. The SMILES string of the molecule is CC(C)(C)[Si](C)(C)Oc1cnn(CC(=O)OCc2ccccc2)c1. The molecule has 0 bridgehead atoms. The molecule has 6 heteroatoms. The van der Waals surface area contributed by atoms with Crippen LogP contribution in [0.1, 0.15) is 26.3 Å². The van der Waals surface area contributed by atoms with Crippen LogP contribution in [0.2, 0.25) is 18.1 Å². The summed E-state index contributed by atoms with van der Waals surface area (Å²) in [6.45, 7) is 11.3. The number of carbonyl (C=O) groups excluding carboxylic acids is 1. The number of hydrogen-bond acceptors (Lipinski definition) is 4. The highest BCUT2D eigenvalue weighted by Crippen LogP contribution is 2.37. The first-order valence-electron chi connectivity index (χ1n) is 8.08. The molecule has 130 valence electrons. The molecule has 0 aliphatic carbocycles. The second kappa shape index (κ2) is 7.21. The van der Waals surface area contributed by atoms with Crippen molar-refractivity contribution in [2.24, 2.45) is 0 Å². The van der Waals surface area contributed by atoms with E-state index in [1.54, 1.807) is 17.1 Å². The van der Waals surface area contributed by atoms with E-state index in [4.69, 9.17) is 9.16 Å². The van der Waals surface area contributed by atoms with Gasteiger partial charge in [-0.2, -0.15) is 5.10 Å². The van der Waals surface area contributed by atoms with Gasteiger partial charge in [-0.25, -0.2) is 0 Å². The predicted octanol–water partition coefficient (Wildman–Crippen LogP) is 4.01. The van der Waals surface area contributed by atoms with E-state index in [1.165, 1.54) is 0 Å². The van der Waals surface area contributed by atoms with Crippen molar-refractivity contribution in [3.8, 4) is 5.75 Å². The molecule has 1 aromatic carbocycles. The summed E-state index contributed by atoms with van der Waals surface area (Å²) in [5, 5.41) is 4.31. The van der Waals surface area contributed by atoms with Crippen LogP contribution in [-0.4, -0.2) is 24.1 Å². The predicted molar refractivity (Wildman–Crippen MR) is 96.3 cm³/mol. The van der Waals surface area contributed by atoms with E-state index in [1.807, 2.05) is 30.3 Å². The van der Waals surface area contributed by atoms with Crippen LogP contribution >= 0.6 is 0 Å². The van der Waals surface area contributed by atoms with E-state index in [2.05, 4.69) is 39.0 Å². The first-order valence-corrected chi connectivity index (χ1v) is 11.0. The Hall–Kier alpha value is -2.08. The number of ether oxygens (including phenoxy) is 1. The second-order valence-corrected chi connectivity index (χ2v) is 12.1. The van der Waals surface area contributed by atoms with E-state index in [9.17, 15) is 4.79 Å². The zero-order valence-corrected chi connectivity index (χ0v) is 16.1. The fraction of sp³-hybridized carbons (Fsp3) is 0.444. The third-order valence-corrected chi connectivity index (χ3v) is 8.68. The van der Waals surface area contributed by atoms with E-state index in [-0.39, 0.29) is 24.2 Å². The number of carbonyl (C=O) groups is 1. The van der Waals surface area contributed by atoms with Crippen molar-refractivity contribution < 1.29 is 14.0 Å². The molecule has 2 aromatic rings. The number of rotatable bonds is 6. The lowest BCUT2D eigenvalue weighted by atomic mass is 10.2. The van der Waals surface area contributed by atoms with Gasteiger partial charge in [0.2, 0.25) is 0 Å². The molecule has 1 heterocycles. The Balaban J connectivity index is 1.88. The number of hydrogen-bond donors (Lipinski definition) is 0. The minimum Gasteiger partial charge on any atom is -0.541 e. The lowest BCUT2D eigenvalue weighted by molar-refractivity contribution is -0.145. The summed E-state index contributed by atoms with van der Waals surface area (Å²) in [6, 6.07) is 9.61. The van der Waals surface area contributed by atoms with Gasteiger partial charge >= 0.3 is 5.97 Å². The number of nitrogens with zero attached hydrogens (tertiary/aromatic N) is 2. The van der Waals surface area contributed by atoms with Crippen LogP contribution in [0, 0.1) is 0 Å². The molecule has 1 aromatic heterocycles. The van der Waals surface area contributed by atoms with Crippen molar-refractivity contribution in [3.63, 3.8) is 0 Å². The van der Waals surface area contributed by atoms with Gasteiger partial charge in [-0.3, -0.25) is 9.48 Å². The molecule has 5 nitrogen and oxygen atoms in total. The summed E-state index contributed by atoms with van der Waals surface area (Å²) in [5.74, 6) is 0.387. The van der Waals surface area contributed by atoms with Crippen molar-refractivity contribution in [1.82, 2.24) is 9.78 Å². The fourth-order valence-corrected chi connectivity index (χ4v) is 2.85. The molecule has 0 aliphatic rings. The van der Waals surface area contributed by atoms with Gasteiger partial charge < -0.3 is 9.16 Å². The highest BCUT2D eigenvalue weighted by Gasteiger charge is 2.39. The molecule has 0 N–H and O–H groups in total. The quantitative estimate of drug-likeness (QED) is 0.586. The Bertz CT molecular complexity index is 675. The Kier molecular flexibility index (Phi) is 5.49. The molecular weight excluding hydrogens is 320 g/mol. The smallest absolute Gasteiger partial charge is 0.328 e. The van der Waals surface area contributed by atoms with E-state index in [0.717, 1.165) is 5.56 Å². The van der Waals surface area contributed by atoms with Crippen LogP contribution in [0.5, 0.6) is 5.75 Å². The van der Waals surface area contributed by atoms with Gasteiger partial charge in [0.15, 0.2) is 0 Å². The van der Waals surface area contributed by atoms with Gasteiger partial charge in [0.1, 0.15) is 18.9 Å². The van der Waals surface area contributed by atoms with Crippen molar-refractivity contribution in [2.75, 3.05) is 0 Å². The third kappa shape index (κ3) is 4.96. The molecule has 0 unspecified atom stereocenters. The van der Waals surface area contributed by atoms with Gasteiger partial charge in [0.25, 0.3) is 8.32 Å². The van der Waals surface area contributed by atoms with Gasteiger partial charge in [-0.05, 0) is 23.7 Å². The lowest BCUT2D eigenvalue weighted by Gasteiger charge is -2.35. The standard InChI is InChI=1S/C18H26N2O3Si/c1-18(2,3)24(4,5)23-16-11-19-20(12-16)13-17(21)22-14-15-9-7-6-8-10-15/h6-12H,13-14H2,1-5H3. The van der Waals surface area contributed by atoms with Crippen LogP contribution in [0.25, 0.3) is 0 Å². The summed E-state index contributed by atoms with van der Waals surface area (Å²) in [4.78, 5) is 11.9. The highest BCUT2D eigenvalue weighted by atomic mass is 28.4. The summed E-state index contributed by atoms with van der Waals surface area (Å²) in [7, 11) is -1.90. The van der Waals surface area contributed by atoms with Gasteiger partial charge in [0, 0.05) is 0 Å². The molecule has 0 fully saturated rings. The van der Waals surface area contributed by atoms with Crippen LogP contribution in [-0.2, 0) is 22.7 Å². The monoisotopic (exact) mass is 346 g/mol. The molecule has 0 amide bonds. The van der Waals surface area contributed by atoms with Crippen molar-refractivity contribution in [2.45, 2.75) is 52.1 Å². The number of benzene rings is 1. The van der Waals surface area contributed by atoms with Crippen molar-refractivity contribution >= 4 is 14.3 Å². The van der Waals surface area contributed by atoms with Crippen LogP contribution in [0.15, 0.2) is 42.7 Å². The van der Waals surface area contributed by atoms with E-state index >= 15 is 0 Å². The third-order valence-electron chi connectivity index (χ3n) is 4.32. The maximum Gasteiger partial charge on any atom is 0.328 e. The molecule has 0 saturated carbocycles. The zero-order chi connectivity index (χ0) is 17.8. The first-order chi connectivity index (χ1) is 11.2. The number of aromatic nitrogens is 2. The average molecular weight is 347 g/mol. The Morgan fingerprint density at radius 3 is 2.50 bits per heavy atom. The second-order valence-electron chi connectivity index (χ2n) is 7.38. The first kappa shape index (κ1) is 18.3. The molecule has 2 rings (SSSR count). The Morgan fingerprint density at radius 2 is 1.88 bits per heavy atom. The zero-order valence-electron chi connectivity index (χ0n) is 15.1. The molecule has 0 radical (unpaired) electrons. The Labute approximate surface area is 144 Å². The molecule has 0 saturated heterocycles. The summed E-state index contributed by atoms with van der Waals surface area (Å²) < 4.78 is 13.0. The van der Waals surface area contributed by atoms with Gasteiger partial charge in [-0.1, -0.05) is 51.1 Å². The molecule has 0 atom stereocenters. The summed E-state index contributed by atoms with van der Waals surface area (Å²) in [6.07, 6.45) is 3.41. The van der Waals surface area contributed by atoms with Gasteiger partial charge in [0.05, 0.1) is 12.4 Å². The fourth-order valence-electron chi connectivity index (χ4n) is 1.85. The van der Waals surface area contributed by atoms with Gasteiger partial charge in [-0.15, -0.1) is 0 Å². The van der Waals surface area contributed by atoms with Crippen LogP contribution < -0.4 is 4.43 Å². The van der Waals surface area contributed by atoms with E-state index in [0.29, 0.717) is 5.75 Å². The molecular formula is C18H26N2O3Si. The topological polar surface area (TPSA) is 53.4 Å². The average Bonchev–Trinajstić information content (AvgIpc) is 2.91. The van der Waals surface area contributed by atoms with E-state index < -0.39 is 8.32 Å². The largest absolute Gasteiger partial charge is 0.541 e. The van der Waals surface area contributed by atoms with Crippen LogP contribution in [0.4, 0.5) is 0 Å². The Morgan fingerprint density at radius 1 is 1.21 bits per heavy atom. The van der Waals surface area contributed by atoms with Crippen molar-refractivity contribution in [3.05, 3.63) is 48.3 Å². The highest BCUT2D eigenvalue weighted by molar-refractivity contribution is 6.74. The maximum atomic E-state index is 11.9. The van der Waals surface area contributed by atoms with Crippen molar-refractivity contribution in [1.29, 1.82) is 0 Å². The lowest BCUT2D eigenvalue weighted by Crippen LogP contribution is -2.43. The normalized spacial score (nSPS) is 12.0. The minimum atomic E-state index is -1.90. The molecule has 0 spiro atoms. The number of esters is 1. The summed E-state index contributed by atoms with van der Waals surface area (Å²) >= 11 is 0. The van der Waals surface area contributed by atoms with Crippen LogP contribution in [0.3, 0.4) is 0 Å². The maximum absolute atomic E-state index is 11.9. The molecule has 0 aliphatic heterocycles. The molecule has 24 heavy (non-hydrogen) atoms. The summed E-state index contributed by atoms with van der Waals surface area (Å²) in [5.41, 5.74) is 0.966.